The monoisotopic (exact) mass is 532 g/mol. The highest BCUT2D eigenvalue weighted by Crippen LogP contribution is 2.34. The molecule has 0 spiro atoms. The Balaban J connectivity index is 1.17. The van der Waals surface area contributed by atoms with Crippen LogP contribution in [0.15, 0.2) is 76.1 Å². The lowest BCUT2D eigenvalue weighted by molar-refractivity contribution is -0.384. The number of nitrogens with zero attached hydrogens (tertiary/aromatic N) is 1. The van der Waals surface area contributed by atoms with Crippen LogP contribution < -0.4 is 29.7 Å². The van der Waals surface area contributed by atoms with Crippen LogP contribution in [0.4, 0.5) is 5.69 Å². The molecule has 39 heavy (non-hydrogen) atoms. The van der Waals surface area contributed by atoms with Gasteiger partial charge in [-0.05, 0) is 42.0 Å². The first-order chi connectivity index (χ1) is 18.9. The van der Waals surface area contributed by atoms with E-state index in [0.29, 0.717) is 41.2 Å². The van der Waals surface area contributed by atoms with Crippen LogP contribution in [0.2, 0.25) is 0 Å². The molecule has 1 aromatic heterocycles. The van der Waals surface area contributed by atoms with Gasteiger partial charge in [0.25, 0.3) is 11.6 Å². The summed E-state index contributed by atoms with van der Waals surface area (Å²) in [6.07, 6.45) is 1.35. The molecule has 5 rings (SSSR count). The van der Waals surface area contributed by atoms with Gasteiger partial charge in [-0.25, -0.2) is 4.79 Å². The zero-order valence-electron chi connectivity index (χ0n) is 20.2. The van der Waals surface area contributed by atoms with Gasteiger partial charge in [-0.2, -0.15) is 0 Å². The molecule has 0 saturated heterocycles. The standard InChI is InChI=1S/C27H20N2O10/c30-25(28-13-26(31)39-18-4-2-17(3-5-18)29(33)34)15-37-19-6-7-20-23(12-19)38-14-21(27(20)32)16-1-8-22-24(11-16)36-10-9-35-22/h1-8,11-12,14H,9-10,13,15H2,(H,28,30). The SMILES string of the molecule is O=C(COc1ccc2c(=O)c(-c3ccc4c(c3)OCCO4)coc2c1)NCC(=O)Oc1ccc([N+](=O)[O-])cc1. The van der Waals surface area contributed by atoms with Gasteiger partial charge in [-0.3, -0.25) is 19.7 Å². The number of non-ortho nitro benzene ring substituents is 1. The van der Waals surface area contributed by atoms with Crippen molar-refractivity contribution in [2.75, 3.05) is 26.4 Å². The highest BCUT2D eigenvalue weighted by molar-refractivity contribution is 5.85. The molecule has 0 unspecified atom stereocenters. The van der Waals surface area contributed by atoms with E-state index >= 15 is 0 Å². The summed E-state index contributed by atoms with van der Waals surface area (Å²) < 4.78 is 27.3. The molecule has 0 bridgehead atoms. The predicted molar refractivity (Wildman–Crippen MR) is 136 cm³/mol. The Hall–Kier alpha value is -5.39. The second-order valence-corrected chi connectivity index (χ2v) is 8.29. The van der Waals surface area contributed by atoms with Crippen molar-refractivity contribution in [2.24, 2.45) is 0 Å². The Labute approximate surface area is 219 Å². The number of hydrogen-bond acceptors (Lipinski definition) is 10. The van der Waals surface area contributed by atoms with Crippen LogP contribution in [0.3, 0.4) is 0 Å². The van der Waals surface area contributed by atoms with Crippen molar-refractivity contribution in [1.29, 1.82) is 0 Å². The first kappa shape index (κ1) is 25.3. The smallest absolute Gasteiger partial charge is 0.330 e. The zero-order valence-corrected chi connectivity index (χ0v) is 20.2. The third kappa shape index (κ3) is 5.80. The van der Waals surface area contributed by atoms with Gasteiger partial charge in [-0.15, -0.1) is 0 Å². The molecule has 0 saturated carbocycles. The fourth-order valence-corrected chi connectivity index (χ4v) is 3.78. The number of benzene rings is 3. The van der Waals surface area contributed by atoms with E-state index in [2.05, 4.69) is 5.32 Å². The second-order valence-electron chi connectivity index (χ2n) is 8.29. The lowest BCUT2D eigenvalue weighted by atomic mass is 10.0. The van der Waals surface area contributed by atoms with E-state index in [-0.39, 0.29) is 28.2 Å². The van der Waals surface area contributed by atoms with Crippen molar-refractivity contribution in [3.63, 3.8) is 0 Å². The quantitative estimate of drug-likeness (QED) is 0.155. The number of nitro benzene ring substituents is 1. The number of ether oxygens (including phenoxy) is 4. The Bertz CT molecular complexity index is 1630. The van der Waals surface area contributed by atoms with Crippen LogP contribution in [-0.4, -0.2) is 43.2 Å². The number of nitro groups is 1. The summed E-state index contributed by atoms with van der Waals surface area (Å²) >= 11 is 0. The summed E-state index contributed by atoms with van der Waals surface area (Å²) in [5.41, 5.74) is 0.857. The summed E-state index contributed by atoms with van der Waals surface area (Å²) in [7, 11) is 0. The molecular weight excluding hydrogens is 512 g/mol. The van der Waals surface area contributed by atoms with E-state index in [1.807, 2.05) is 0 Å². The summed E-state index contributed by atoms with van der Waals surface area (Å²) in [6, 6.07) is 14.7. The van der Waals surface area contributed by atoms with Crippen molar-refractivity contribution >= 4 is 28.5 Å². The zero-order chi connectivity index (χ0) is 27.4. The van der Waals surface area contributed by atoms with Gasteiger partial charge in [0.2, 0.25) is 0 Å². The first-order valence-electron chi connectivity index (χ1n) is 11.7. The van der Waals surface area contributed by atoms with E-state index in [1.54, 1.807) is 18.2 Å². The number of rotatable bonds is 8. The van der Waals surface area contributed by atoms with E-state index in [9.17, 15) is 24.5 Å². The van der Waals surface area contributed by atoms with E-state index in [4.69, 9.17) is 23.4 Å². The average molecular weight is 532 g/mol. The topological polar surface area (TPSA) is 156 Å². The van der Waals surface area contributed by atoms with Crippen LogP contribution >= 0.6 is 0 Å². The molecule has 198 valence electrons. The van der Waals surface area contributed by atoms with Crippen molar-refractivity contribution in [3.8, 4) is 34.1 Å². The van der Waals surface area contributed by atoms with E-state index in [1.165, 1.54) is 48.7 Å². The number of fused-ring (bicyclic) bond motifs is 2. The molecule has 12 nitrogen and oxygen atoms in total. The van der Waals surface area contributed by atoms with Crippen molar-refractivity contribution in [2.45, 2.75) is 0 Å². The Morgan fingerprint density at radius 2 is 1.69 bits per heavy atom. The van der Waals surface area contributed by atoms with E-state index < -0.39 is 30.0 Å². The lowest BCUT2D eigenvalue weighted by Gasteiger charge is -2.18. The third-order valence-corrected chi connectivity index (χ3v) is 5.68. The Kier molecular flexibility index (Phi) is 7.08. The maximum Gasteiger partial charge on any atom is 0.330 e. The van der Waals surface area contributed by atoms with Gasteiger partial charge in [0.05, 0.1) is 15.9 Å². The number of carbonyl (C=O) groups excluding carboxylic acids is 2. The van der Waals surface area contributed by atoms with Gasteiger partial charge in [-0.1, -0.05) is 6.07 Å². The molecule has 0 fully saturated rings. The first-order valence-corrected chi connectivity index (χ1v) is 11.7. The summed E-state index contributed by atoms with van der Waals surface area (Å²) in [5, 5.41) is 13.4. The van der Waals surface area contributed by atoms with Gasteiger partial charge in [0.1, 0.15) is 43.1 Å². The van der Waals surface area contributed by atoms with Gasteiger partial charge in [0, 0.05) is 18.2 Å². The van der Waals surface area contributed by atoms with Crippen LogP contribution in [0.25, 0.3) is 22.1 Å². The highest BCUT2D eigenvalue weighted by atomic mass is 16.6. The van der Waals surface area contributed by atoms with Crippen molar-refractivity contribution in [3.05, 3.63) is 87.3 Å². The number of hydrogen-bond donors (Lipinski definition) is 1. The molecule has 0 aliphatic carbocycles. The molecule has 0 radical (unpaired) electrons. The highest BCUT2D eigenvalue weighted by Gasteiger charge is 2.16. The number of esters is 1. The van der Waals surface area contributed by atoms with Gasteiger partial charge >= 0.3 is 5.97 Å². The normalized spacial score (nSPS) is 12.0. The van der Waals surface area contributed by atoms with E-state index in [0.717, 1.165) is 0 Å². The molecule has 12 heteroatoms. The molecule has 1 N–H and O–H groups in total. The molecule has 0 atom stereocenters. The summed E-state index contributed by atoms with van der Waals surface area (Å²) in [5.74, 6) is 0.194. The minimum absolute atomic E-state index is 0.103. The molecule has 1 amide bonds. The number of nitrogens with one attached hydrogen (secondary N) is 1. The van der Waals surface area contributed by atoms with Crippen LogP contribution in [0.5, 0.6) is 23.0 Å². The molecular formula is C27H20N2O10. The van der Waals surface area contributed by atoms with Crippen molar-refractivity contribution in [1.82, 2.24) is 5.32 Å². The molecule has 3 aromatic carbocycles. The van der Waals surface area contributed by atoms with Crippen molar-refractivity contribution < 1.29 is 37.9 Å². The van der Waals surface area contributed by atoms with Gasteiger partial charge in [0.15, 0.2) is 23.5 Å². The fraction of sp³-hybridized carbons (Fsp3) is 0.148. The van der Waals surface area contributed by atoms with Crippen LogP contribution in [0, 0.1) is 10.1 Å². The number of amides is 1. The van der Waals surface area contributed by atoms with Crippen LogP contribution in [0.1, 0.15) is 0 Å². The largest absolute Gasteiger partial charge is 0.486 e. The van der Waals surface area contributed by atoms with Gasteiger partial charge < -0.3 is 28.7 Å². The summed E-state index contributed by atoms with van der Waals surface area (Å²) in [4.78, 5) is 47.2. The average Bonchev–Trinajstić information content (AvgIpc) is 2.95. The second kappa shape index (κ2) is 10.9. The molecule has 1 aliphatic rings. The Morgan fingerprint density at radius 1 is 0.949 bits per heavy atom. The molecule has 1 aliphatic heterocycles. The van der Waals surface area contributed by atoms with Crippen LogP contribution in [-0.2, 0) is 9.59 Å². The molecule has 2 heterocycles. The number of carbonyl (C=O) groups is 2. The third-order valence-electron chi connectivity index (χ3n) is 5.68. The molecule has 4 aromatic rings. The lowest BCUT2D eigenvalue weighted by Crippen LogP contribution is -2.35. The minimum Gasteiger partial charge on any atom is -0.486 e. The maximum atomic E-state index is 13.1. The Morgan fingerprint density at radius 3 is 2.46 bits per heavy atom. The minimum atomic E-state index is -0.765. The predicted octanol–water partition coefficient (Wildman–Crippen LogP) is 3.24. The fourth-order valence-electron chi connectivity index (χ4n) is 3.78. The maximum absolute atomic E-state index is 13.1. The summed E-state index contributed by atoms with van der Waals surface area (Å²) in [6.45, 7) is 0.0490.